The number of hydrogen-bond acceptors (Lipinski definition) is 8. The monoisotopic (exact) mass is 728 g/mol. The summed E-state index contributed by atoms with van der Waals surface area (Å²) >= 11 is 3.17. The van der Waals surface area contributed by atoms with E-state index in [-0.39, 0.29) is 22.6 Å². The molecule has 8 rings (SSSR count). The number of para-hydroxylation sites is 2. The third-order valence-corrected chi connectivity index (χ3v) is 11.8. The summed E-state index contributed by atoms with van der Waals surface area (Å²) < 4.78 is 14.6. The highest BCUT2D eigenvalue weighted by molar-refractivity contribution is 8.00. The molecule has 52 heavy (non-hydrogen) atoms. The molecular weight excluding hydrogens is 693 g/mol. The molecule has 2 aliphatic heterocycles. The molecule has 2 fully saturated rings. The van der Waals surface area contributed by atoms with Crippen molar-refractivity contribution in [2.75, 3.05) is 38.8 Å². The van der Waals surface area contributed by atoms with E-state index in [0.717, 1.165) is 56.5 Å². The normalized spacial score (nSPS) is 17.3. The molecule has 4 aromatic carbocycles. The fourth-order valence-corrected chi connectivity index (χ4v) is 9.07. The van der Waals surface area contributed by atoms with Gasteiger partial charge in [-0.2, -0.15) is 10.2 Å². The molecule has 2 aromatic heterocycles. The molecule has 0 bridgehead atoms. The number of ether oxygens (including phenoxy) is 2. The van der Waals surface area contributed by atoms with E-state index in [1.54, 1.807) is 37.7 Å². The number of carbonyl (C=O) groups is 2. The highest BCUT2D eigenvalue weighted by Crippen LogP contribution is 2.45. The van der Waals surface area contributed by atoms with Crippen molar-refractivity contribution in [3.8, 4) is 45.4 Å². The van der Waals surface area contributed by atoms with Crippen molar-refractivity contribution >= 4 is 35.3 Å². The van der Waals surface area contributed by atoms with Crippen LogP contribution in [0.3, 0.4) is 0 Å². The first-order valence-corrected chi connectivity index (χ1v) is 19.0. The van der Waals surface area contributed by atoms with Crippen LogP contribution in [0.5, 0.6) is 11.5 Å². The number of aromatic nitrogens is 4. The van der Waals surface area contributed by atoms with Gasteiger partial charge in [0.15, 0.2) is 0 Å². The lowest BCUT2D eigenvalue weighted by Gasteiger charge is -2.29. The zero-order valence-corrected chi connectivity index (χ0v) is 30.3. The number of amides is 2. The number of methoxy groups -OCH3 is 2. The predicted molar refractivity (Wildman–Crippen MR) is 205 cm³/mol. The number of nitrogens with zero attached hydrogens (tertiary/aromatic N) is 6. The lowest BCUT2D eigenvalue weighted by atomic mass is 10.1. The maximum Gasteiger partial charge on any atom is 0.233 e. The van der Waals surface area contributed by atoms with Crippen molar-refractivity contribution in [1.29, 1.82) is 0 Å². The lowest BCUT2D eigenvalue weighted by molar-refractivity contribution is -0.132. The first-order valence-electron chi connectivity index (χ1n) is 16.9. The quantitative estimate of drug-likeness (QED) is 0.138. The Balaban J connectivity index is 1.11. The molecular formula is C40H36N6O4S2. The largest absolute Gasteiger partial charge is 0.497 e. The molecule has 0 N–H and O–H groups in total. The molecule has 2 aliphatic rings. The summed E-state index contributed by atoms with van der Waals surface area (Å²) in [4.78, 5) is 31.0. The van der Waals surface area contributed by atoms with Crippen molar-refractivity contribution < 1.29 is 19.1 Å². The Labute approximate surface area is 310 Å². The van der Waals surface area contributed by atoms with Gasteiger partial charge < -0.3 is 19.3 Å². The summed E-state index contributed by atoms with van der Waals surface area (Å²) in [5, 5.41) is 9.50. The Bertz CT molecular complexity index is 2030. The second kappa shape index (κ2) is 14.6. The summed E-state index contributed by atoms with van der Waals surface area (Å²) in [7, 11) is 3.29. The maximum atomic E-state index is 13.6. The van der Waals surface area contributed by atoms with Crippen molar-refractivity contribution in [3.05, 3.63) is 133 Å². The summed E-state index contributed by atoms with van der Waals surface area (Å²) in [6, 6.07) is 35.6. The van der Waals surface area contributed by atoms with E-state index < -0.39 is 0 Å². The maximum absolute atomic E-state index is 13.6. The van der Waals surface area contributed by atoms with Gasteiger partial charge in [0.2, 0.25) is 11.8 Å². The van der Waals surface area contributed by atoms with E-state index in [1.165, 1.54) is 0 Å². The number of carbonyl (C=O) groups excluding carboxylic acids is 2. The van der Waals surface area contributed by atoms with Crippen LogP contribution in [0.25, 0.3) is 33.9 Å². The number of benzene rings is 4. The van der Waals surface area contributed by atoms with E-state index in [0.29, 0.717) is 24.6 Å². The van der Waals surface area contributed by atoms with Crippen LogP contribution in [-0.4, -0.2) is 80.0 Å². The SMILES string of the molecule is COc1ccc(-c2nn(-c3ccccc3)cc2C2SCC(=O)N2CCN2C(=O)CSC2c2cn(-c3ccccc3)nc2-c2ccc(OC)cc2)cc1. The van der Waals surface area contributed by atoms with Crippen molar-refractivity contribution in [2.45, 2.75) is 10.7 Å². The first-order chi connectivity index (χ1) is 25.5. The fraction of sp³-hybridized carbons (Fsp3) is 0.200. The molecule has 10 nitrogen and oxygen atoms in total. The van der Waals surface area contributed by atoms with Gasteiger partial charge in [0, 0.05) is 47.7 Å². The zero-order chi connectivity index (χ0) is 35.6. The second-order valence-corrected chi connectivity index (χ2v) is 14.5. The molecule has 12 heteroatoms. The highest BCUT2D eigenvalue weighted by Gasteiger charge is 2.40. The third-order valence-electron chi connectivity index (χ3n) is 9.30. The summed E-state index contributed by atoms with van der Waals surface area (Å²) in [6.07, 6.45) is 4.05. The number of hydrogen-bond donors (Lipinski definition) is 0. The van der Waals surface area contributed by atoms with Crippen LogP contribution in [0.15, 0.2) is 122 Å². The van der Waals surface area contributed by atoms with Crippen LogP contribution in [0.1, 0.15) is 21.9 Å². The van der Waals surface area contributed by atoms with Crippen molar-refractivity contribution in [2.24, 2.45) is 0 Å². The molecule has 0 radical (unpaired) electrons. The Hall–Kier alpha value is -5.46. The molecule has 4 heterocycles. The van der Waals surface area contributed by atoms with E-state index in [1.807, 2.05) is 141 Å². The minimum Gasteiger partial charge on any atom is -0.497 e. The minimum atomic E-state index is -0.276. The van der Waals surface area contributed by atoms with Crippen LogP contribution in [-0.2, 0) is 9.59 Å². The Morgan fingerprint density at radius 1 is 0.577 bits per heavy atom. The Morgan fingerprint density at radius 2 is 0.962 bits per heavy atom. The van der Waals surface area contributed by atoms with Crippen LogP contribution in [0, 0.1) is 0 Å². The summed E-state index contributed by atoms with van der Waals surface area (Å²) in [5.41, 5.74) is 7.19. The molecule has 6 aromatic rings. The van der Waals surface area contributed by atoms with Crippen LogP contribution >= 0.6 is 23.5 Å². The van der Waals surface area contributed by atoms with Gasteiger partial charge in [-0.1, -0.05) is 36.4 Å². The molecule has 262 valence electrons. The van der Waals surface area contributed by atoms with Crippen LogP contribution in [0.4, 0.5) is 0 Å². The highest BCUT2D eigenvalue weighted by atomic mass is 32.2. The van der Waals surface area contributed by atoms with E-state index in [9.17, 15) is 9.59 Å². The van der Waals surface area contributed by atoms with Crippen molar-refractivity contribution in [3.63, 3.8) is 0 Å². The van der Waals surface area contributed by atoms with Gasteiger partial charge >= 0.3 is 0 Å². The molecule has 2 amide bonds. The van der Waals surface area contributed by atoms with Gasteiger partial charge in [-0.05, 0) is 72.8 Å². The molecule has 0 aliphatic carbocycles. The average molecular weight is 729 g/mol. The standard InChI is InChI=1S/C40H36N6O4S2/c1-49-31-17-13-27(14-18-31)37-33(23-45(41-37)29-9-5-3-6-10-29)39-43(35(47)25-51-39)21-22-44-36(48)26-52-40(44)34-24-46(30-11-7-4-8-12-30)42-38(34)28-15-19-32(50-2)20-16-28/h3-20,23-24,39-40H,21-22,25-26H2,1-2H3. The van der Waals surface area contributed by atoms with Crippen LogP contribution in [0.2, 0.25) is 0 Å². The molecule has 2 saturated heterocycles. The van der Waals surface area contributed by atoms with Gasteiger partial charge in [0.1, 0.15) is 22.2 Å². The first kappa shape index (κ1) is 33.7. The van der Waals surface area contributed by atoms with E-state index in [2.05, 4.69) is 0 Å². The minimum absolute atomic E-state index is 0.0369. The van der Waals surface area contributed by atoms with Gasteiger partial charge in [-0.3, -0.25) is 9.59 Å². The number of thioether (sulfide) groups is 2. The number of rotatable bonds is 11. The smallest absolute Gasteiger partial charge is 0.233 e. The third kappa shape index (κ3) is 6.55. The zero-order valence-electron chi connectivity index (χ0n) is 28.7. The van der Waals surface area contributed by atoms with Gasteiger partial charge in [-0.25, -0.2) is 9.36 Å². The summed E-state index contributed by atoms with van der Waals surface area (Å²) in [6.45, 7) is 0.755. The van der Waals surface area contributed by atoms with E-state index in [4.69, 9.17) is 19.7 Å². The summed E-state index contributed by atoms with van der Waals surface area (Å²) in [5.74, 6) is 2.28. The fourth-order valence-electron chi connectivity index (χ4n) is 6.63. The molecule has 2 unspecified atom stereocenters. The van der Waals surface area contributed by atoms with Crippen molar-refractivity contribution in [1.82, 2.24) is 29.4 Å². The predicted octanol–water partition coefficient (Wildman–Crippen LogP) is 7.26. The Kier molecular flexibility index (Phi) is 9.48. The van der Waals surface area contributed by atoms with E-state index >= 15 is 0 Å². The van der Waals surface area contributed by atoms with Crippen LogP contribution < -0.4 is 9.47 Å². The molecule has 0 saturated carbocycles. The van der Waals surface area contributed by atoms with Gasteiger partial charge in [-0.15, -0.1) is 23.5 Å². The molecule has 2 atom stereocenters. The van der Waals surface area contributed by atoms with Gasteiger partial charge in [0.25, 0.3) is 0 Å². The Morgan fingerprint density at radius 3 is 1.33 bits per heavy atom. The second-order valence-electron chi connectivity index (χ2n) is 12.4. The topological polar surface area (TPSA) is 94.7 Å². The van der Waals surface area contributed by atoms with Gasteiger partial charge in [0.05, 0.1) is 48.5 Å². The average Bonchev–Trinajstić information content (AvgIpc) is 4.00. The molecule has 0 spiro atoms. The lowest BCUT2D eigenvalue weighted by Crippen LogP contribution is -2.39.